The van der Waals surface area contributed by atoms with E-state index in [4.69, 9.17) is 0 Å². The molecule has 2 heteroatoms. The van der Waals surface area contributed by atoms with Crippen LogP contribution in [0.1, 0.15) is 25.0 Å². The number of aryl methyl sites for hydroxylation is 1. The highest BCUT2D eigenvalue weighted by Gasteiger charge is 2.09. The Morgan fingerprint density at radius 3 is 2.62 bits per heavy atom. The molecule has 84 valence electrons. The molecule has 2 aromatic rings. The third-order valence-corrected chi connectivity index (χ3v) is 2.92. The van der Waals surface area contributed by atoms with Crippen molar-refractivity contribution in [1.82, 2.24) is 4.98 Å². The van der Waals surface area contributed by atoms with Crippen LogP contribution >= 0.6 is 0 Å². The summed E-state index contributed by atoms with van der Waals surface area (Å²) >= 11 is 0. The molecule has 2 nitrogen and oxygen atoms in total. The summed E-state index contributed by atoms with van der Waals surface area (Å²) in [6, 6.07) is 7.96. The number of pyridine rings is 1. The van der Waals surface area contributed by atoms with Crippen molar-refractivity contribution in [1.29, 1.82) is 0 Å². The van der Waals surface area contributed by atoms with Crippen molar-refractivity contribution < 1.29 is 0 Å². The summed E-state index contributed by atoms with van der Waals surface area (Å²) in [5, 5.41) is 1.15. The van der Waals surface area contributed by atoms with Gasteiger partial charge in [0.15, 0.2) is 0 Å². The first-order valence-electron chi connectivity index (χ1n) is 5.70. The predicted molar refractivity (Wildman–Crippen MR) is 67.8 cm³/mol. The molecule has 0 aliphatic heterocycles. The van der Waals surface area contributed by atoms with Crippen molar-refractivity contribution in [3.05, 3.63) is 45.7 Å². The Kier molecular flexibility index (Phi) is 2.82. The van der Waals surface area contributed by atoms with Gasteiger partial charge in [-0.1, -0.05) is 32.0 Å². The number of nitrogens with one attached hydrogen (secondary N) is 1. The fourth-order valence-corrected chi connectivity index (χ4v) is 2.10. The number of rotatable bonds is 2. The second-order valence-electron chi connectivity index (χ2n) is 4.70. The lowest BCUT2D eigenvalue weighted by Gasteiger charge is -2.10. The van der Waals surface area contributed by atoms with Crippen LogP contribution in [0.3, 0.4) is 0 Å². The Bertz CT molecular complexity index is 566. The Balaban J connectivity index is 2.71. The molecule has 2 rings (SSSR count). The minimum Gasteiger partial charge on any atom is -0.322 e. The van der Waals surface area contributed by atoms with Gasteiger partial charge in [-0.05, 0) is 30.9 Å². The quantitative estimate of drug-likeness (QED) is 0.820. The molecule has 0 aliphatic carbocycles. The monoisotopic (exact) mass is 215 g/mol. The van der Waals surface area contributed by atoms with Gasteiger partial charge in [0.25, 0.3) is 5.56 Å². The summed E-state index contributed by atoms with van der Waals surface area (Å²) in [5.41, 5.74) is 3.03. The Labute approximate surface area is 95.3 Å². The maximum Gasteiger partial charge on any atom is 0.251 e. The fraction of sp³-hybridized carbons (Fsp3) is 0.357. The predicted octanol–water partition coefficient (Wildman–Crippen LogP) is 3.04. The second kappa shape index (κ2) is 4.12. The van der Waals surface area contributed by atoms with E-state index >= 15 is 0 Å². The summed E-state index contributed by atoms with van der Waals surface area (Å²) in [7, 11) is 0. The Hall–Kier alpha value is -1.57. The molecule has 0 atom stereocenters. The molecule has 0 spiro atoms. The highest BCUT2D eigenvalue weighted by Crippen LogP contribution is 2.18. The van der Waals surface area contributed by atoms with Crippen molar-refractivity contribution in [3.63, 3.8) is 0 Å². The highest BCUT2D eigenvalue weighted by molar-refractivity contribution is 5.82. The number of benzene rings is 1. The van der Waals surface area contributed by atoms with Gasteiger partial charge in [-0.3, -0.25) is 4.79 Å². The summed E-state index contributed by atoms with van der Waals surface area (Å²) in [4.78, 5) is 14.9. The zero-order valence-corrected chi connectivity index (χ0v) is 10.0. The number of hydrogen-bond acceptors (Lipinski definition) is 1. The number of para-hydroxylation sites is 1. The standard InChI is InChI=1S/C14H17NO/c1-9(2)8-12-10(3)11-6-4-5-7-13(11)15-14(12)16/h4-7,9H,8H2,1-3H3,(H,15,16). The molecule has 0 saturated heterocycles. The number of aromatic amines is 1. The highest BCUT2D eigenvalue weighted by atomic mass is 16.1. The molecule has 0 saturated carbocycles. The first-order chi connectivity index (χ1) is 7.59. The molecular weight excluding hydrogens is 198 g/mol. The van der Waals surface area contributed by atoms with Crippen LogP contribution in [0.4, 0.5) is 0 Å². The molecular formula is C14H17NO. The molecule has 0 amide bonds. The van der Waals surface area contributed by atoms with E-state index in [9.17, 15) is 4.79 Å². The van der Waals surface area contributed by atoms with E-state index in [1.54, 1.807) is 0 Å². The topological polar surface area (TPSA) is 32.9 Å². The summed E-state index contributed by atoms with van der Waals surface area (Å²) in [5.74, 6) is 0.501. The van der Waals surface area contributed by atoms with Gasteiger partial charge in [-0.2, -0.15) is 0 Å². The molecule has 0 unspecified atom stereocenters. The van der Waals surface area contributed by atoms with E-state index < -0.39 is 0 Å². The normalized spacial score (nSPS) is 11.2. The molecule has 1 N–H and O–H groups in total. The molecule has 1 aromatic carbocycles. The van der Waals surface area contributed by atoms with Crippen LogP contribution in [0, 0.1) is 12.8 Å². The van der Waals surface area contributed by atoms with Crippen molar-refractivity contribution in [3.8, 4) is 0 Å². The van der Waals surface area contributed by atoms with E-state index in [1.165, 1.54) is 0 Å². The fourth-order valence-electron chi connectivity index (χ4n) is 2.10. The average molecular weight is 215 g/mol. The number of fused-ring (bicyclic) bond motifs is 1. The van der Waals surface area contributed by atoms with Gasteiger partial charge in [-0.25, -0.2) is 0 Å². The minimum absolute atomic E-state index is 0.0601. The van der Waals surface area contributed by atoms with Crippen molar-refractivity contribution in [2.24, 2.45) is 5.92 Å². The van der Waals surface area contributed by atoms with Crippen molar-refractivity contribution in [2.75, 3.05) is 0 Å². The van der Waals surface area contributed by atoms with E-state index in [0.717, 1.165) is 28.5 Å². The smallest absolute Gasteiger partial charge is 0.251 e. The number of H-pyrrole nitrogens is 1. The van der Waals surface area contributed by atoms with Gasteiger partial charge in [0, 0.05) is 16.5 Å². The first-order valence-corrected chi connectivity index (χ1v) is 5.70. The summed E-state index contributed by atoms with van der Waals surface area (Å²) in [6.07, 6.45) is 0.839. The Morgan fingerprint density at radius 1 is 1.25 bits per heavy atom. The largest absolute Gasteiger partial charge is 0.322 e. The van der Waals surface area contributed by atoms with E-state index in [2.05, 4.69) is 24.9 Å². The number of hydrogen-bond donors (Lipinski definition) is 1. The number of aromatic nitrogens is 1. The van der Waals surface area contributed by atoms with E-state index in [-0.39, 0.29) is 5.56 Å². The van der Waals surface area contributed by atoms with Crippen LogP contribution in [0.5, 0.6) is 0 Å². The molecule has 1 heterocycles. The SMILES string of the molecule is Cc1c(CC(C)C)c(=O)[nH]c2ccccc12. The van der Waals surface area contributed by atoms with Crippen molar-refractivity contribution >= 4 is 10.9 Å². The first kappa shape index (κ1) is 10.9. The van der Waals surface area contributed by atoms with Gasteiger partial charge in [0.2, 0.25) is 0 Å². The van der Waals surface area contributed by atoms with Crippen LogP contribution in [0.25, 0.3) is 10.9 Å². The van der Waals surface area contributed by atoms with E-state index in [0.29, 0.717) is 5.92 Å². The Morgan fingerprint density at radius 2 is 1.94 bits per heavy atom. The molecule has 0 bridgehead atoms. The van der Waals surface area contributed by atoms with Crippen LogP contribution < -0.4 is 5.56 Å². The third-order valence-electron chi connectivity index (χ3n) is 2.92. The van der Waals surface area contributed by atoms with Gasteiger partial charge < -0.3 is 4.98 Å². The van der Waals surface area contributed by atoms with Crippen LogP contribution in [-0.4, -0.2) is 4.98 Å². The maximum absolute atomic E-state index is 11.9. The van der Waals surface area contributed by atoms with Crippen LogP contribution in [0.15, 0.2) is 29.1 Å². The lowest BCUT2D eigenvalue weighted by Crippen LogP contribution is -2.16. The lowest BCUT2D eigenvalue weighted by atomic mass is 9.97. The lowest BCUT2D eigenvalue weighted by molar-refractivity contribution is 0.641. The van der Waals surface area contributed by atoms with Gasteiger partial charge in [-0.15, -0.1) is 0 Å². The second-order valence-corrected chi connectivity index (χ2v) is 4.70. The van der Waals surface area contributed by atoms with Crippen LogP contribution in [0.2, 0.25) is 0 Å². The van der Waals surface area contributed by atoms with Crippen molar-refractivity contribution in [2.45, 2.75) is 27.2 Å². The molecule has 16 heavy (non-hydrogen) atoms. The summed E-state index contributed by atoms with van der Waals surface area (Å²) < 4.78 is 0. The maximum atomic E-state index is 11.9. The average Bonchev–Trinajstić information content (AvgIpc) is 2.24. The summed E-state index contributed by atoms with van der Waals surface area (Å²) in [6.45, 7) is 6.30. The van der Waals surface area contributed by atoms with Gasteiger partial charge >= 0.3 is 0 Å². The van der Waals surface area contributed by atoms with E-state index in [1.807, 2.05) is 25.1 Å². The zero-order valence-electron chi connectivity index (χ0n) is 10.0. The molecule has 0 aliphatic rings. The third kappa shape index (κ3) is 1.87. The van der Waals surface area contributed by atoms with Gasteiger partial charge in [0.1, 0.15) is 0 Å². The van der Waals surface area contributed by atoms with Gasteiger partial charge in [0.05, 0.1) is 0 Å². The minimum atomic E-state index is 0.0601. The molecule has 1 aromatic heterocycles. The van der Waals surface area contributed by atoms with Crippen LogP contribution in [-0.2, 0) is 6.42 Å². The zero-order chi connectivity index (χ0) is 11.7. The molecule has 0 radical (unpaired) electrons. The molecule has 0 fully saturated rings.